The average molecular weight is 307 g/mol. The van der Waals surface area contributed by atoms with Gasteiger partial charge in [0, 0.05) is 19.6 Å². The standard InChI is InChI=1S/C15H21N3O2S/c1-12-9-15(7-6-13(12)10-16)21(19,20)18(3)14-5-4-8-17(2)11-14/h6-7,9,14H,4-5,8,11H2,1-3H3. The monoisotopic (exact) mass is 307 g/mol. The van der Waals surface area contributed by atoms with Crippen LogP contribution < -0.4 is 0 Å². The molecule has 114 valence electrons. The third-order valence-electron chi connectivity index (χ3n) is 4.11. The van der Waals surface area contributed by atoms with Gasteiger partial charge in [0.05, 0.1) is 16.5 Å². The minimum absolute atomic E-state index is 0.00435. The van der Waals surface area contributed by atoms with Gasteiger partial charge in [-0.3, -0.25) is 0 Å². The molecule has 2 rings (SSSR count). The Bertz CT molecular complexity index is 664. The van der Waals surface area contributed by atoms with Crippen LogP contribution in [0, 0.1) is 18.3 Å². The molecule has 0 spiro atoms. The lowest BCUT2D eigenvalue weighted by Gasteiger charge is -2.35. The van der Waals surface area contributed by atoms with E-state index in [4.69, 9.17) is 5.26 Å². The highest BCUT2D eigenvalue weighted by Crippen LogP contribution is 2.23. The summed E-state index contributed by atoms with van der Waals surface area (Å²) < 4.78 is 26.9. The smallest absolute Gasteiger partial charge is 0.243 e. The molecule has 21 heavy (non-hydrogen) atoms. The van der Waals surface area contributed by atoms with Gasteiger partial charge in [-0.1, -0.05) is 0 Å². The number of aryl methyl sites for hydroxylation is 1. The average Bonchev–Trinajstić information content (AvgIpc) is 2.46. The number of hydrogen-bond acceptors (Lipinski definition) is 4. The molecule has 1 aromatic carbocycles. The molecule has 1 atom stereocenters. The van der Waals surface area contributed by atoms with Gasteiger partial charge >= 0.3 is 0 Å². The largest absolute Gasteiger partial charge is 0.305 e. The normalized spacial score (nSPS) is 20.4. The van der Waals surface area contributed by atoms with Gasteiger partial charge in [-0.15, -0.1) is 0 Å². The van der Waals surface area contributed by atoms with E-state index >= 15 is 0 Å². The minimum atomic E-state index is -3.51. The lowest BCUT2D eigenvalue weighted by atomic mass is 10.1. The SMILES string of the molecule is Cc1cc(S(=O)(=O)N(C)C2CCCN(C)C2)ccc1C#N. The lowest BCUT2D eigenvalue weighted by Crippen LogP contribution is -2.47. The van der Waals surface area contributed by atoms with E-state index in [-0.39, 0.29) is 10.9 Å². The van der Waals surface area contributed by atoms with E-state index in [9.17, 15) is 8.42 Å². The topological polar surface area (TPSA) is 64.4 Å². The number of benzene rings is 1. The maximum absolute atomic E-state index is 12.7. The third-order valence-corrected chi connectivity index (χ3v) is 6.02. The number of likely N-dealkylation sites (tertiary alicyclic amines) is 1. The molecular formula is C15H21N3O2S. The Morgan fingerprint density at radius 3 is 2.71 bits per heavy atom. The highest BCUT2D eigenvalue weighted by atomic mass is 32.2. The van der Waals surface area contributed by atoms with Crippen LogP contribution in [-0.4, -0.2) is 50.8 Å². The van der Waals surface area contributed by atoms with Crippen molar-refractivity contribution in [3.05, 3.63) is 29.3 Å². The van der Waals surface area contributed by atoms with Crippen LogP contribution in [-0.2, 0) is 10.0 Å². The fourth-order valence-electron chi connectivity index (χ4n) is 2.72. The van der Waals surface area contributed by atoms with Gasteiger partial charge in [0.1, 0.15) is 0 Å². The molecular weight excluding hydrogens is 286 g/mol. The Morgan fingerprint density at radius 1 is 1.43 bits per heavy atom. The van der Waals surface area contributed by atoms with Crippen LogP contribution in [0.1, 0.15) is 24.0 Å². The van der Waals surface area contributed by atoms with Crippen LogP contribution >= 0.6 is 0 Å². The Hall–Kier alpha value is -1.42. The van der Waals surface area contributed by atoms with Crippen molar-refractivity contribution in [3.63, 3.8) is 0 Å². The van der Waals surface area contributed by atoms with Gasteiger partial charge in [0.2, 0.25) is 10.0 Å². The van der Waals surface area contributed by atoms with Crippen molar-refractivity contribution in [1.82, 2.24) is 9.21 Å². The second-order valence-electron chi connectivity index (χ2n) is 5.67. The van der Waals surface area contributed by atoms with Crippen molar-refractivity contribution in [3.8, 4) is 6.07 Å². The second-order valence-corrected chi connectivity index (χ2v) is 7.67. The van der Waals surface area contributed by atoms with Gasteiger partial charge in [-0.25, -0.2) is 8.42 Å². The van der Waals surface area contributed by atoms with E-state index < -0.39 is 10.0 Å². The highest BCUT2D eigenvalue weighted by molar-refractivity contribution is 7.89. The highest BCUT2D eigenvalue weighted by Gasteiger charge is 2.30. The number of likely N-dealkylation sites (N-methyl/N-ethyl adjacent to an activating group) is 2. The molecule has 1 aromatic rings. The predicted molar refractivity (Wildman–Crippen MR) is 81.4 cm³/mol. The van der Waals surface area contributed by atoms with Crippen molar-refractivity contribution in [2.45, 2.75) is 30.7 Å². The molecule has 1 saturated heterocycles. The van der Waals surface area contributed by atoms with Gasteiger partial charge in [0.25, 0.3) is 0 Å². The first-order valence-corrected chi connectivity index (χ1v) is 8.47. The molecule has 1 aliphatic rings. The van der Waals surface area contributed by atoms with Crippen molar-refractivity contribution >= 4 is 10.0 Å². The van der Waals surface area contributed by atoms with Crippen molar-refractivity contribution in [1.29, 1.82) is 5.26 Å². The number of sulfonamides is 1. The van der Waals surface area contributed by atoms with E-state index in [2.05, 4.69) is 11.0 Å². The molecule has 0 radical (unpaired) electrons. The Morgan fingerprint density at radius 2 is 2.14 bits per heavy atom. The van der Waals surface area contributed by atoms with E-state index in [1.54, 1.807) is 26.1 Å². The number of nitrogens with zero attached hydrogens (tertiary/aromatic N) is 3. The second kappa shape index (κ2) is 6.14. The maximum Gasteiger partial charge on any atom is 0.243 e. The van der Waals surface area contributed by atoms with Crippen LogP contribution in [0.5, 0.6) is 0 Å². The minimum Gasteiger partial charge on any atom is -0.305 e. The Kier molecular flexibility index (Phi) is 4.67. The van der Waals surface area contributed by atoms with Gasteiger partial charge in [-0.05, 0) is 57.1 Å². The summed E-state index contributed by atoms with van der Waals surface area (Å²) in [5.41, 5.74) is 1.20. The molecule has 5 nitrogen and oxygen atoms in total. The zero-order valence-corrected chi connectivity index (χ0v) is 13.5. The van der Waals surface area contributed by atoms with Gasteiger partial charge in [0.15, 0.2) is 0 Å². The van der Waals surface area contributed by atoms with Crippen LogP contribution in [0.3, 0.4) is 0 Å². The van der Waals surface area contributed by atoms with E-state index in [1.165, 1.54) is 10.4 Å². The number of rotatable bonds is 3. The first-order valence-electron chi connectivity index (χ1n) is 7.03. The lowest BCUT2D eigenvalue weighted by molar-refractivity contribution is 0.187. The van der Waals surface area contributed by atoms with E-state index in [1.807, 2.05) is 7.05 Å². The summed E-state index contributed by atoms with van der Waals surface area (Å²) in [5.74, 6) is 0. The van der Waals surface area contributed by atoms with Crippen LogP contribution in [0.15, 0.2) is 23.1 Å². The molecule has 0 bridgehead atoms. The molecule has 6 heteroatoms. The number of piperidine rings is 1. The summed E-state index contributed by atoms with van der Waals surface area (Å²) in [4.78, 5) is 2.42. The Labute approximate surface area is 126 Å². The molecule has 1 aliphatic heterocycles. The molecule has 0 N–H and O–H groups in total. The summed E-state index contributed by atoms with van der Waals surface area (Å²) in [6.07, 6.45) is 1.89. The summed E-state index contributed by atoms with van der Waals surface area (Å²) in [5, 5.41) is 8.94. The van der Waals surface area contributed by atoms with Crippen molar-refractivity contribution in [2.24, 2.45) is 0 Å². The van der Waals surface area contributed by atoms with Gasteiger partial charge < -0.3 is 4.90 Å². The number of hydrogen-bond donors (Lipinski definition) is 0. The summed E-state index contributed by atoms with van der Waals surface area (Å²) in [7, 11) is 0.146. The molecule has 0 aromatic heterocycles. The molecule has 1 fully saturated rings. The molecule has 1 heterocycles. The zero-order valence-electron chi connectivity index (χ0n) is 12.7. The third kappa shape index (κ3) is 3.26. The number of nitriles is 1. The fourth-order valence-corrected chi connectivity index (χ4v) is 4.18. The predicted octanol–water partition coefficient (Wildman–Crippen LogP) is 1.58. The van der Waals surface area contributed by atoms with Gasteiger partial charge in [-0.2, -0.15) is 9.57 Å². The van der Waals surface area contributed by atoms with E-state index in [0.717, 1.165) is 25.9 Å². The quantitative estimate of drug-likeness (QED) is 0.850. The molecule has 0 amide bonds. The summed E-state index contributed by atoms with van der Waals surface area (Å²) in [6.45, 7) is 3.53. The van der Waals surface area contributed by atoms with Crippen LogP contribution in [0.25, 0.3) is 0 Å². The van der Waals surface area contributed by atoms with Crippen LogP contribution in [0.2, 0.25) is 0 Å². The zero-order chi connectivity index (χ0) is 15.6. The maximum atomic E-state index is 12.7. The van der Waals surface area contributed by atoms with Crippen molar-refractivity contribution in [2.75, 3.05) is 27.2 Å². The summed E-state index contributed by atoms with van der Waals surface area (Å²) in [6, 6.07) is 6.73. The molecule has 0 aliphatic carbocycles. The summed E-state index contributed by atoms with van der Waals surface area (Å²) >= 11 is 0. The first-order chi connectivity index (χ1) is 9.86. The van der Waals surface area contributed by atoms with Crippen molar-refractivity contribution < 1.29 is 8.42 Å². The Balaban J connectivity index is 2.29. The van der Waals surface area contributed by atoms with E-state index in [0.29, 0.717) is 11.1 Å². The first kappa shape index (κ1) is 16.0. The fraction of sp³-hybridized carbons (Fsp3) is 0.533. The van der Waals surface area contributed by atoms with Crippen LogP contribution in [0.4, 0.5) is 0 Å². The molecule has 0 saturated carbocycles. The molecule has 1 unspecified atom stereocenters.